The van der Waals surface area contributed by atoms with Crippen molar-refractivity contribution in [2.75, 3.05) is 0 Å². The van der Waals surface area contributed by atoms with E-state index >= 15 is 0 Å². The Labute approximate surface area is 525 Å². The maximum atomic E-state index is 5.40. The lowest BCUT2D eigenvalue weighted by Crippen LogP contribution is -2.01. The number of fused-ring (bicyclic) bond motifs is 11. The van der Waals surface area contributed by atoms with E-state index in [9.17, 15) is 0 Å². The van der Waals surface area contributed by atoms with Crippen LogP contribution in [0.3, 0.4) is 0 Å². The average molecular weight is 1180 g/mol. The summed E-state index contributed by atoms with van der Waals surface area (Å²) >= 11 is 3.64. The van der Waals surface area contributed by atoms with Crippen LogP contribution in [-0.4, -0.2) is 29.9 Å². The van der Waals surface area contributed by atoms with Gasteiger partial charge >= 0.3 is 0 Å². The molecule has 0 fully saturated rings. The number of hydrogen-bond donors (Lipinski definition) is 0. The van der Waals surface area contributed by atoms with Crippen LogP contribution in [0.2, 0.25) is 0 Å². The van der Waals surface area contributed by atoms with Gasteiger partial charge in [0.1, 0.15) is 0 Å². The Kier molecular flexibility index (Phi) is 12.2. The summed E-state index contributed by atoms with van der Waals surface area (Å²) in [4.78, 5) is 31.8. The first-order chi connectivity index (χ1) is 44.5. The zero-order valence-corrected chi connectivity index (χ0v) is 49.8. The second kappa shape index (κ2) is 21.2. The molecule has 8 heteroatoms. The van der Waals surface area contributed by atoms with E-state index in [2.05, 4.69) is 273 Å². The number of hydrogen-bond acceptors (Lipinski definition) is 8. The minimum absolute atomic E-state index is 0.603. The van der Waals surface area contributed by atoms with E-state index in [1.54, 1.807) is 0 Å². The third-order valence-corrected chi connectivity index (χ3v) is 19.8. The normalized spacial score (nSPS) is 11.8. The Bertz CT molecular complexity index is 5930. The molecule has 4 heterocycles. The molecule has 0 aliphatic carbocycles. The van der Waals surface area contributed by atoms with E-state index in [1.165, 1.54) is 62.1 Å². The molecule has 18 rings (SSSR count). The quantitative estimate of drug-likeness (QED) is 0.134. The van der Waals surface area contributed by atoms with Crippen LogP contribution in [0.25, 0.3) is 185 Å². The molecule has 6 nitrogen and oxygen atoms in total. The lowest BCUT2D eigenvalue weighted by atomic mass is 9.98. The molecule has 0 aliphatic heterocycles. The van der Waals surface area contributed by atoms with E-state index in [1.807, 2.05) is 40.9 Å². The van der Waals surface area contributed by atoms with Crippen LogP contribution in [0, 0.1) is 0 Å². The van der Waals surface area contributed by atoms with Gasteiger partial charge < -0.3 is 0 Å². The minimum atomic E-state index is 0.603. The molecule has 90 heavy (non-hydrogen) atoms. The molecule has 0 unspecified atom stereocenters. The Morgan fingerprint density at radius 2 is 0.556 bits per heavy atom. The number of aromatic nitrogens is 6. The van der Waals surface area contributed by atoms with Crippen molar-refractivity contribution in [3.63, 3.8) is 0 Å². The highest BCUT2D eigenvalue weighted by Crippen LogP contribution is 2.43. The number of thiophene rings is 2. The van der Waals surface area contributed by atoms with Crippen molar-refractivity contribution in [1.82, 2.24) is 29.9 Å². The number of rotatable bonds is 9. The molecule has 0 aliphatic rings. The molecule has 0 bridgehead atoms. The first-order valence-electron chi connectivity index (χ1n) is 30.1. The molecular formula is C82H48N6S2. The largest absolute Gasteiger partial charge is 0.208 e. The van der Waals surface area contributed by atoms with Gasteiger partial charge in [0.15, 0.2) is 34.9 Å². The minimum Gasteiger partial charge on any atom is -0.208 e. The standard InChI is InChI=1S/C82H48N6S2/c1-3-16-49(17-4-1)52-21-11-22-53(40-52)54-23-12-27-60(41-54)78-84-79(87-82(86-78)68-32-14-25-57-44-71-65-30-9-10-33-73(65)89-76(71)48-70(57)68)61-28-13-24-55(42-61)56-36-39-66-72-47-69-58(46-75(72)90-74(66)45-56)26-15-31-67(69)81-85-77(51-19-5-2-6-20-51)83-80(88-81)62-37-38-64-59(43-62)35-34-50-18-7-8-29-63(50)64/h1-48H. The molecule has 0 spiro atoms. The lowest BCUT2D eigenvalue weighted by Gasteiger charge is -2.12. The van der Waals surface area contributed by atoms with Crippen LogP contribution in [0.5, 0.6) is 0 Å². The van der Waals surface area contributed by atoms with Gasteiger partial charge in [0, 0.05) is 73.7 Å². The molecule has 0 saturated heterocycles. The fraction of sp³-hybridized carbons (Fsp3) is 0. The summed E-state index contributed by atoms with van der Waals surface area (Å²) in [5.41, 5.74) is 12.3. The van der Waals surface area contributed by atoms with Crippen molar-refractivity contribution in [3.8, 4) is 102 Å². The second-order valence-electron chi connectivity index (χ2n) is 23.0. The molecule has 4 aromatic heterocycles. The predicted molar refractivity (Wildman–Crippen MR) is 378 cm³/mol. The maximum Gasteiger partial charge on any atom is 0.164 e. The first kappa shape index (κ1) is 51.8. The third-order valence-electron chi connectivity index (χ3n) is 17.5. The Morgan fingerprint density at radius 3 is 1.24 bits per heavy atom. The van der Waals surface area contributed by atoms with Gasteiger partial charge in [-0.05, 0) is 137 Å². The van der Waals surface area contributed by atoms with E-state index in [4.69, 9.17) is 29.9 Å². The highest BCUT2D eigenvalue weighted by atomic mass is 32.1. The zero-order chi connectivity index (χ0) is 59.2. The van der Waals surface area contributed by atoms with Gasteiger partial charge in [-0.15, -0.1) is 22.7 Å². The highest BCUT2D eigenvalue weighted by Gasteiger charge is 2.20. The SMILES string of the molecule is c1ccc(-c2cccc(-c3cccc(-c4nc(-c5cccc(-c6ccc7c(c6)sc6cc8cccc(-c9nc(-c%10ccccc%10)nc(-c%10ccc%11c(ccc%12ccccc%12%11)c%10)n9)c8cc67)c5)nc(-c5cccc6cc7c(cc56)sc5ccccc57)n4)c3)c2)cc1. The molecule has 418 valence electrons. The van der Waals surface area contributed by atoms with Crippen molar-refractivity contribution >= 4 is 106 Å². The van der Waals surface area contributed by atoms with Crippen LogP contribution in [-0.2, 0) is 0 Å². The molecule has 18 aromatic rings. The topological polar surface area (TPSA) is 77.3 Å². The molecule has 0 saturated carbocycles. The Hall–Kier alpha value is -11.4. The predicted octanol–water partition coefficient (Wildman–Crippen LogP) is 22.4. The second-order valence-corrected chi connectivity index (χ2v) is 25.1. The molecule has 0 radical (unpaired) electrons. The highest BCUT2D eigenvalue weighted by molar-refractivity contribution is 7.26. The maximum absolute atomic E-state index is 5.40. The summed E-state index contributed by atoms with van der Waals surface area (Å²) in [6, 6.07) is 104. The molecule has 0 N–H and O–H groups in total. The van der Waals surface area contributed by atoms with E-state index in [0.29, 0.717) is 34.9 Å². The summed E-state index contributed by atoms with van der Waals surface area (Å²) in [6.07, 6.45) is 0. The van der Waals surface area contributed by atoms with E-state index in [-0.39, 0.29) is 0 Å². The van der Waals surface area contributed by atoms with Gasteiger partial charge in [0.05, 0.1) is 0 Å². The van der Waals surface area contributed by atoms with Crippen LogP contribution in [0.1, 0.15) is 0 Å². The first-order valence-corrected chi connectivity index (χ1v) is 31.8. The lowest BCUT2D eigenvalue weighted by molar-refractivity contribution is 1.08. The Balaban J connectivity index is 0.734. The summed E-state index contributed by atoms with van der Waals surface area (Å²) in [5, 5.41) is 14.1. The molecule has 0 atom stereocenters. The van der Waals surface area contributed by atoms with Crippen LogP contribution in [0.15, 0.2) is 291 Å². The number of benzene rings is 14. The van der Waals surface area contributed by atoms with Crippen LogP contribution in [0.4, 0.5) is 0 Å². The number of nitrogens with zero attached hydrogens (tertiary/aromatic N) is 6. The van der Waals surface area contributed by atoms with Crippen LogP contribution < -0.4 is 0 Å². The molecule has 14 aromatic carbocycles. The van der Waals surface area contributed by atoms with Crippen molar-refractivity contribution in [2.45, 2.75) is 0 Å². The summed E-state index contributed by atoms with van der Waals surface area (Å²) in [7, 11) is 0. The van der Waals surface area contributed by atoms with Gasteiger partial charge in [-0.2, -0.15) is 0 Å². The van der Waals surface area contributed by atoms with Crippen molar-refractivity contribution in [1.29, 1.82) is 0 Å². The Morgan fingerprint density at radius 1 is 0.167 bits per heavy atom. The summed E-state index contributed by atoms with van der Waals surface area (Å²) in [6.45, 7) is 0. The van der Waals surface area contributed by atoms with E-state index in [0.717, 1.165) is 88.1 Å². The summed E-state index contributed by atoms with van der Waals surface area (Å²) in [5.74, 6) is 3.72. The van der Waals surface area contributed by atoms with Gasteiger partial charge in [0.2, 0.25) is 0 Å². The summed E-state index contributed by atoms with van der Waals surface area (Å²) < 4.78 is 4.92. The van der Waals surface area contributed by atoms with Gasteiger partial charge in [0.25, 0.3) is 0 Å². The van der Waals surface area contributed by atoms with Crippen LogP contribution >= 0.6 is 22.7 Å². The van der Waals surface area contributed by atoms with Crippen molar-refractivity contribution in [3.05, 3.63) is 291 Å². The fourth-order valence-corrected chi connectivity index (χ4v) is 15.3. The third kappa shape index (κ3) is 9.07. The molecule has 0 amide bonds. The van der Waals surface area contributed by atoms with Gasteiger partial charge in [-0.25, -0.2) is 29.9 Å². The van der Waals surface area contributed by atoms with Crippen molar-refractivity contribution < 1.29 is 0 Å². The van der Waals surface area contributed by atoms with Gasteiger partial charge in [-0.3, -0.25) is 0 Å². The fourth-order valence-electron chi connectivity index (χ4n) is 13.0. The van der Waals surface area contributed by atoms with E-state index < -0.39 is 0 Å². The van der Waals surface area contributed by atoms with Gasteiger partial charge in [-0.1, -0.05) is 231 Å². The monoisotopic (exact) mass is 1180 g/mol. The average Bonchev–Trinajstić information content (AvgIpc) is 1.63. The zero-order valence-electron chi connectivity index (χ0n) is 48.2. The molecular weight excluding hydrogens is 1130 g/mol. The van der Waals surface area contributed by atoms with Crippen molar-refractivity contribution in [2.24, 2.45) is 0 Å². The smallest absolute Gasteiger partial charge is 0.164 e.